The third kappa shape index (κ3) is 5.57. The molecule has 4 aromatic rings. The summed E-state index contributed by atoms with van der Waals surface area (Å²) in [4.78, 5) is 26.5. The summed E-state index contributed by atoms with van der Waals surface area (Å²) in [6.45, 7) is 12.0. The van der Waals surface area contributed by atoms with E-state index < -0.39 is 0 Å². The molecule has 4 aromatic heterocycles. The van der Waals surface area contributed by atoms with Crippen LogP contribution in [0.4, 0.5) is 11.5 Å². The molecule has 0 radical (unpaired) electrons. The Morgan fingerprint density at radius 1 is 1.05 bits per heavy atom. The Hall–Kier alpha value is -4.12. The number of carbonyl (C=O) groups excluding carboxylic acids is 1. The van der Waals surface area contributed by atoms with Crippen molar-refractivity contribution in [3.63, 3.8) is 0 Å². The quantitative estimate of drug-likeness (QED) is 0.424. The number of hydrogen-bond donors (Lipinski definition) is 1. The Labute approximate surface area is 221 Å². The van der Waals surface area contributed by atoms with Gasteiger partial charge in [0.2, 0.25) is 0 Å². The molecule has 1 saturated heterocycles. The Kier molecular flexibility index (Phi) is 6.94. The molecule has 198 valence electrons. The Balaban J connectivity index is 1.35. The number of hydrogen-bond acceptors (Lipinski definition) is 9. The van der Waals surface area contributed by atoms with Crippen LogP contribution in [0.5, 0.6) is 0 Å². The van der Waals surface area contributed by atoms with Crippen LogP contribution in [0.15, 0.2) is 47.5 Å². The topological polar surface area (TPSA) is 118 Å². The van der Waals surface area contributed by atoms with Gasteiger partial charge in [0.25, 0.3) is 5.91 Å². The van der Waals surface area contributed by atoms with E-state index in [2.05, 4.69) is 53.7 Å². The van der Waals surface area contributed by atoms with Crippen molar-refractivity contribution in [3.8, 4) is 16.9 Å². The Morgan fingerprint density at radius 3 is 2.68 bits per heavy atom. The number of carbonyl (C=O) groups is 1. The minimum Gasteiger partial charge on any atom is -0.369 e. The molecule has 1 aliphatic rings. The maximum absolute atomic E-state index is 12.9. The third-order valence-corrected chi connectivity index (χ3v) is 6.66. The number of rotatable bonds is 5. The molecular formula is C27H33N9O2. The summed E-state index contributed by atoms with van der Waals surface area (Å²) >= 11 is 0. The van der Waals surface area contributed by atoms with Gasteiger partial charge in [0, 0.05) is 49.1 Å². The lowest BCUT2D eigenvalue weighted by atomic mass is 9.93. The zero-order valence-electron chi connectivity index (χ0n) is 22.5. The van der Waals surface area contributed by atoms with Crippen LogP contribution in [0.2, 0.25) is 0 Å². The predicted molar refractivity (Wildman–Crippen MR) is 145 cm³/mol. The Bertz CT molecular complexity index is 1440. The van der Waals surface area contributed by atoms with Crippen molar-refractivity contribution < 1.29 is 9.32 Å². The molecule has 0 aliphatic carbocycles. The maximum Gasteiger partial charge on any atom is 0.258 e. The van der Waals surface area contributed by atoms with Crippen molar-refractivity contribution in [1.82, 2.24) is 35.0 Å². The number of nitrogens with one attached hydrogen (secondary N) is 1. The van der Waals surface area contributed by atoms with Gasteiger partial charge in [-0.2, -0.15) is 0 Å². The van der Waals surface area contributed by atoms with E-state index in [4.69, 9.17) is 4.52 Å². The molecule has 1 N–H and O–H groups in total. The van der Waals surface area contributed by atoms with Gasteiger partial charge in [0.15, 0.2) is 5.82 Å². The molecule has 0 aromatic carbocycles. The lowest BCUT2D eigenvalue weighted by Gasteiger charge is -2.22. The normalized spacial score (nSPS) is 14.9. The van der Waals surface area contributed by atoms with Crippen LogP contribution in [0, 0.1) is 6.92 Å². The second kappa shape index (κ2) is 10.3. The van der Waals surface area contributed by atoms with E-state index in [1.165, 1.54) is 6.20 Å². The summed E-state index contributed by atoms with van der Waals surface area (Å²) in [7, 11) is 2.16. The van der Waals surface area contributed by atoms with Gasteiger partial charge in [-0.25, -0.2) is 4.68 Å². The molecule has 5 heterocycles. The van der Waals surface area contributed by atoms with Crippen LogP contribution in [-0.2, 0) is 5.41 Å². The van der Waals surface area contributed by atoms with Gasteiger partial charge in [0.05, 0.1) is 35.0 Å². The SMILES string of the molecule is Cc1ncc(C(=O)Nc2cc(C(C)(C)C)on2)cc1-n1cc(-c2cncc(N3CCCN(C)CC3)c2)nn1. The van der Waals surface area contributed by atoms with Gasteiger partial charge in [-0.1, -0.05) is 31.1 Å². The van der Waals surface area contributed by atoms with Gasteiger partial charge in [0.1, 0.15) is 11.5 Å². The molecule has 11 nitrogen and oxygen atoms in total. The second-order valence-corrected chi connectivity index (χ2v) is 10.7. The lowest BCUT2D eigenvalue weighted by molar-refractivity contribution is 0.102. The van der Waals surface area contributed by atoms with Crippen molar-refractivity contribution in [2.45, 2.75) is 39.5 Å². The van der Waals surface area contributed by atoms with Crippen LogP contribution >= 0.6 is 0 Å². The highest BCUT2D eigenvalue weighted by Crippen LogP contribution is 2.26. The average molecular weight is 516 g/mol. The van der Waals surface area contributed by atoms with Crippen LogP contribution < -0.4 is 10.2 Å². The number of aryl methyl sites for hydroxylation is 1. The molecule has 0 unspecified atom stereocenters. The first-order valence-electron chi connectivity index (χ1n) is 12.7. The largest absolute Gasteiger partial charge is 0.369 e. The van der Waals surface area contributed by atoms with E-state index >= 15 is 0 Å². The van der Waals surface area contributed by atoms with Crippen molar-refractivity contribution in [2.24, 2.45) is 0 Å². The highest BCUT2D eigenvalue weighted by Gasteiger charge is 2.21. The molecular weight excluding hydrogens is 482 g/mol. The summed E-state index contributed by atoms with van der Waals surface area (Å²) in [6, 6.07) is 5.57. The van der Waals surface area contributed by atoms with Crippen LogP contribution in [0.3, 0.4) is 0 Å². The first-order valence-corrected chi connectivity index (χ1v) is 12.7. The average Bonchev–Trinajstić information content (AvgIpc) is 3.52. The smallest absolute Gasteiger partial charge is 0.258 e. The van der Waals surface area contributed by atoms with E-state index in [9.17, 15) is 4.79 Å². The monoisotopic (exact) mass is 515 g/mol. The number of amides is 1. The fourth-order valence-corrected chi connectivity index (χ4v) is 4.31. The number of aromatic nitrogens is 6. The molecule has 0 saturated carbocycles. The first kappa shape index (κ1) is 25.5. The van der Waals surface area contributed by atoms with Crippen LogP contribution in [0.25, 0.3) is 16.9 Å². The summed E-state index contributed by atoms with van der Waals surface area (Å²) in [5.74, 6) is 0.703. The summed E-state index contributed by atoms with van der Waals surface area (Å²) in [5.41, 5.74) is 4.19. The molecule has 11 heteroatoms. The minimum absolute atomic E-state index is 0.210. The van der Waals surface area contributed by atoms with Gasteiger partial charge in [-0.15, -0.1) is 5.10 Å². The van der Waals surface area contributed by atoms with Gasteiger partial charge in [-0.3, -0.25) is 14.8 Å². The summed E-state index contributed by atoms with van der Waals surface area (Å²) in [6.07, 6.45) is 8.16. The van der Waals surface area contributed by atoms with Crippen LogP contribution in [0.1, 0.15) is 49.0 Å². The van der Waals surface area contributed by atoms with Gasteiger partial charge in [-0.05, 0) is 39.1 Å². The predicted octanol–water partition coefficient (Wildman–Crippen LogP) is 3.71. The van der Waals surface area contributed by atoms with Gasteiger partial charge < -0.3 is 19.6 Å². The zero-order chi connectivity index (χ0) is 26.9. The molecule has 1 fully saturated rings. The Morgan fingerprint density at radius 2 is 1.89 bits per heavy atom. The zero-order valence-corrected chi connectivity index (χ0v) is 22.5. The van der Waals surface area contributed by atoms with E-state index in [0.29, 0.717) is 28.5 Å². The lowest BCUT2D eigenvalue weighted by Crippen LogP contribution is -2.28. The van der Waals surface area contributed by atoms with Crippen molar-refractivity contribution in [2.75, 3.05) is 43.4 Å². The maximum atomic E-state index is 12.9. The highest BCUT2D eigenvalue weighted by atomic mass is 16.5. The number of anilines is 2. The first-order chi connectivity index (χ1) is 18.2. The highest BCUT2D eigenvalue weighted by molar-refractivity contribution is 6.03. The summed E-state index contributed by atoms with van der Waals surface area (Å²) < 4.78 is 7.00. The third-order valence-electron chi connectivity index (χ3n) is 6.66. The van der Waals surface area contributed by atoms with Crippen molar-refractivity contribution >= 4 is 17.4 Å². The van der Waals surface area contributed by atoms with E-state index in [0.717, 1.165) is 49.5 Å². The van der Waals surface area contributed by atoms with Crippen molar-refractivity contribution in [1.29, 1.82) is 0 Å². The second-order valence-electron chi connectivity index (χ2n) is 10.7. The van der Waals surface area contributed by atoms with E-state index in [1.807, 2.05) is 40.1 Å². The standard InChI is InChI=1S/C27H33N9O2/c1-18-23(12-20(15-29-18)26(37)30-25-13-24(38-32-25)27(2,3)4)36-17-22(31-33-36)19-11-21(16-28-14-19)35-8-6-7-34(5)9-10-35/h11-17H,6-10H2,1-5H3,(H,30,32,37). The van der Waals surface area contributed by atoms with Crippen molar-refractivity contribution in [3.05, 3.63) is 60.0 Å². The van der Waals surface area contributed by atoms with E-state index in [1.54, 1.807) is 23.0 Å². The van der Waals surface area contributed by atoms with E-state index in [-0.39, 0.29) is 11.3 Å². The molecule has 0 spiro atoms. The molecule has 38 heavy (non-hydrogen) atoms. The molecule has 1 amide bonds. The molecule has 0 bridgehead atoms. The summed E-state index contributed by atoms with van der Waals surface area (Å²) in [5, 5.41) is 15.5. The van der Waals surface area contributed by atoms with Crippen LogP contribution in [-0.4, -0.2) is 74.2 Å². The number of nitrogens with zero attached hydrogens (tertiary/aromatic N) is 8. The van der Waals surface area contributed by atoms with Gasteiger partial charge >= 0.3 is 0 Å². The minimum atomic E-state index is -0.340. The fraction of sp³-hybridized carbons (Fsp3) is 0.407. The number of pyridine rings is 2. The molecule has 5 rings (SSSR count). The fourth-order valence-electron chi connectivity index (χ4n) is 4.31. The molecule has 1 aliphatic heterocycles. The molecule has 0 atom stereocenters. The number of likely N-dealkylation sites (N-methyl/N-ethyl adjacent to an activating group) is 1.